The van der Waals surface area contributed by atoms with Crippen molar-refractivity contribution in [3.8, 4) is 5.75 Å². The molecule has 5 nitrogen and oxygen atoms in total. The summed E-state index contributed by atoms with van der Waals surface area (Å²) in [6.45, 7) is 3.71. The first-order valence-corrected chi connectivity index (χ1v) is 6.90. The zero-order chi connectivity index (χ0) is 15.9. The van der Waals surface area contributed by atoms with Crippen molar-refractivity contribution in [1.82, 2.24) is 10.9 Å². The van der Waals surface area contributed by atoms with Gasteiger partial charge in [0.15, 0.2) is 6.61 Å². The predicted octanol–water partition coefficient (Wildman–Crippen LogP) is 2.14. The molecule has 0 fully saturated rings. The van der Waals surface area contributed by atoms with Gasteiger partial charge in [-0.05, 0) is 43.7 Å². The van der Waals surface area contributed by atoms with Crippen LogP contribution in [0.3, 0.4) is 0 Å². The Kier molecular flexibility index (Phi) is 5.14. The Morgan fingerprint density at radius 3 is 2.36 bits per heavy atom. The molecule has 22 heavy (non-hydrogen) atoms. The van der Waals surface area contributed by atoms with Crippen LogP contribution in [0.5, 0.6) is 5.75 Å². The fourth-order valence-corrected chi connectivity index (χ4v) is 1.79. The Labute approximate surface area is 129 Å². The summed E-state index contributed by atoms with van der Waals surface area (Å²) in [6.07, 6.45) is 0. The Balaban J connectivity index is 1.78. The summed E-state index contributed by atoms with van der Waals surface area (Å²) in [6, 6.07) is 14.4. The van der Waals surface area contributed by atoms with Crippen LogP contribution in [-0.2, 0) is 4.79 Å². The van der Waals surface area contributed by atoms with E-state index >= 15 is 0 Å². The molecule has 2 rings (SSSR count). The monoisotopic (exact) mass is 298 g/mol. The van der Waals surface area contributed by atoms with Gasteiger partial charge in [0.2, 0.25) is 0 Å². The summed E-state index contributed by atoms with van der Waals surface area (Å²) >= 11 is 0. The summed E-state index contributed by atoms with van der Waals surface area (Å²) in [7, 11) is 0. The average Bonchev–Trinajstić information content (AvgIpc) is 2.51. The quantitative estimate of drug-likeness (QED) is 0.850. The van der Waals surface area contributed by atoms with Gasteiger partial charge < -0.3 is 4.74 Å². The molecule has 0 aliphatic carbocycles. The third kappa shape index (κ3) is 4.63. The van der Waals surface area contributed by atoms with Crippen molar-refractivity contribution < 1.29 is 14.3 Å². The van der Waals surface area contributed by atoms with Crippen LogP contribution >= 0.6 is 0 Å². The zero-order valence-corrected chi connectivity index (χ0v) is 12.6. The smallest absolute Gasteiger partial charge is 0.276 e. The molecule has 0 aliphatic rings. The number of ether oxygens (including phenoxy) is 1. The summed E-state index contributed by atoms with van der Waals surface area (Å²) in [5.74, 6) is -0.189. The molecular weight excluding hydrogens is 280 g/mol. The number of benzene rings is 2. The van der Waals surface area contributed by atoms with Gasteiger partial charge in [-0.1, -0.05) is 29.8 Å². The van der Waals surface area contributed by atoms with Gasteiger partial charge in [-0.3, -0.25) is 20.4 Å². The van der Waals surface area contributed by atoms with Crippen LogP contribution in [-0.4, -0.2) is 18.4 Å². The molecule has 0 aromatic heterocycles. The maximum atomic E-state index is 11.8. The van der Waals surface area contributed by atoms with E-state index in [0.717, 1.165) is 11.1 Å². The summed E-state index contributed by atoms with van der Waals surface area (Å²) in [5.41, 5.74) is 7.25. The van der Waals surface area contributed by atoms with Crippen LogP contribution in [0.2, 0.25) is 0 Å². The molecule has 2 aromatic rings. The fraction of sp³-hybridized carbons (Fsp3) is 0.176. The Bertz CT molecular complexity index is 666. The van der Waals surface area contributed by atoms with Crippen molar-refractivity contribution in [3.63, 3.8) is 0 Å². The number of aryl methyl sites for hydroxylation is 2. The van der Waals surface area contributed by atoms with E-state index in [-0.39, 0.29) is 12.5 Å². The maximum absolute atomic E-state index is 11.8. The second-order valence-electron chi connectivity index (χ2n) is 4.97. The molecule has 0 bridgehead atoms. The molecule has 2 aromatic carbocycles. The summed E-state index contributed by atoms with van der Waals surface area (Å²) in [5, 5.41) is 0. The van der Waals surface area contributed by atoms with Gasteiger partial charge in [0, 0.05) is 5.56 Å². The lowest BCUT2D eigenvalue weighted by Crippen LogP contribution is -2.43. The lowest BCUT2D eigenvalue weighted by Gasteiger charge is -2.09. The normalized spacial score (nSPS) is 9.91. The van der Waals surface area contributed by atoms with Crippen molar-refractivity contribution >= 4 is 11.8 Å². The van der Waals surface area contributed by atoms with E-state index in [9.17, 15) is 9.59 Å². The molecule has 114 valence electrons. The van der Waals surface area contributed by atoms with Crippen molar-refractivity contribution in [2.24, 2.45) is 0 Å². The number of hydrogen-bond acceptors (Lipinski definition) is 3. The van der Waals surface area contributed by atoms with E-state index in [1.54, 1.807) is 18.2 Å². The molecule has 0 unspecified atom stereocenters. The molecule has 0 aliphatic heterocycles. The van der Waals surface area contributed by atoms with Crippen molar-refractivity contribution in [2.75, 3.05) is 6.61 Å². The first-order chi connectivity index (χ1) is 10.5. The van der Waals surface area contributed by atoms with Gasteiger partial charge in [0.25, 0.3) is 11.8 Å². The number of hydrogen-bond donors (Lipinski definition) is 2. The van der Waals surface area contributed by atoms with Gasteiger partial charge in [-0.2, -0.15) is 0 Å². The van der Waals surface area contributed by atoms with E-state index in [0.29, 0.717) is 11.3 Å². The largest absolute Gasteiger partial charge is 0.484 e. The number of hydrazine groups is 1. The topological polar surface area (TPSA) is 67.4 Å². The predicted molar refractivity (Wildman–Crippen MR) is 83.5 cm³/mol. The first kappa shape index (κ1) is 15.6. The van der Waals surface area contributed by atoms with E-state index < -0.39 is 5.91 Å². The molecule has 0 radical (unpaired) electrons. The fourth-order valence-electron chi connectivity index (χ4n) is 1.79. The van der Waals surface area contributed by atoms with Gasteiger partial charge in [-0.15, -0.1) is 0 Å². The maximum Gasteiger partial charge on any atom is 0.276 e. The second kappa shape index (κ2) is 7.26. The molecule has 0 atom stereocenters. The number of nitrogens with one attached hydrogen (secondary N) is 2. The van der Waals surface area contributed by atoms with E-state index in [2.05, 4.69) is 10.9 Å². The zero-order valence-electron chi connectivity index (χ0n) is 12.6. The molecule has 0 saturated carbocycles. The number of amides is 2. The third-order valence-corrected chi connectivity index (χ3v) is 2.99. The van der Waals surface area contributed by atoms with E-state index in [1.807, 2.05) is 44.2 Å². The van der Waals surface area contributed by atoms with Crippen molar-refractivity contribution in [1.29, 1.82) is 0 Å². The highest BCUT2D eigenvalue weighted by atomic mass is 16.5. The van der Waals surface area contributed by atoms with Crippen LogP contribution in [0, 0.1) is 13.8 Å². The minimum absolute atomic E-state index is 0.169. The van der Waals surface area contributed by atoms with Crippen LogP contribution in [0.25, 0.3) is 0 Å². The van der Waals surface area contributed by atoms with Crippen LogP contribution < -0.4 is 15.6 Å². The molecule has 0 saturated heterocycles. The summed E-state index contributed by atoms with van der Waals surface area (Å²) < 4.78 is 5.34. The number of carbonyl (C=O) groups excluding carboxylic acids is 2. The minimum atomic E-state index is -0.429. The van der Waals surface area contributed by atoms with Crippen LogP contribution in [0.4, 0.5) is 0 Å². The first-order valence-electron chi connectivity index (χ1n) is 6.90. The second-order valence-corrected chi connectivity index (χ2v) is 4.97. The van der Waals surface area contributed by atoms with Crippen molar-refractivity contribution in [2.45, 2.75) is 13.8 Å². The Morgan fingerprint density at radius 1 is 0.955 bits per heavy atom. The molecule has 2 N–H and O–H groups in total. The molecule has 5 heteroatoms. The molecule has 2 amide bonds. The Hall–Kier alpha value is -2.82. The number of carbonyl (C=O) groups is 2. The minimum Gasteiger partial charge on any atom is -0.484 e. The van der Waals surface area contributed by atoms with Gasteiger partial charge >= 0.3 is 0 Å². The van der Waals surface area contributed by atoms with Gasteiger partial charge in [0.1, 0.15) is 5.75 Å². The lowest BCUT2D eigenvalue weighted by molar-refractivity contribution is -0.123. The highest BCUT2D eigenvalue weighted by Crippen LogP contribution is 2.11. The standard InChI is InChI=1S/C17H18N2O3/c1-12-6-8-14(9-7-12)17(21)19-18-16(20)11-22-15-5-3-4-13(2)10-15/h3-10H,11H2,1-2H3,(H,18,20)(H,19,21). The van der Waals surface area contributed by atoms with Gasteiger partial charge in [0.05, 0.1) is 0 Å². The Morgan fingerprint density at radius 2 is 1.68 bits per heavy atom. The van der Waals surface area contributed by atoms with E-state index in [4.69, 9.17) is 4.74 Å². The average molecular weight is 298 g/mol. The molecular formula is C17H18N2O3. The van der Waals surface area contributed by atoms with Gasteiger partial charge in [-0.25, -0.2) is 0 Å². The third-order valence-electron chi connectivity index (χ3n) is 2.99. The summed E-state index contributed by atoms with van der Waals surface area (Å²) in [4.78, 5) is 23.5. The van der Waals surface area contributed by atoms with Crippen LogP contribution in [0.1, 0.15) is 21.5 Å². The van der Waals surface area contributed by atoms with E-state index in [1.165, 1.54) is 0 Å². The van der Waals surface area contributed by atoms with Crippen LogP contribution in [0.15, 0.2) is 48.5 Å². The lowest BCUT2D eigenvalue weighted by atomic mass is 10.1. The number of rotatable bonds is 4. The molecule has 0 spiro atoms. The molecule has 0 heterocycles. The SMILES string of the molecule is Cc1ccc(C(=O)NNC(=O)COc2cccc(C)c2)cc1. The highest BCUT2D eigenvalue weighted by Gasteiger charge is 2.07. The highest BCUT2D eigenvalue weighted by molar-refractivity contribution is 5.95. The van der Waals surface area contributed by atoms with Crippen molar-refractivity contribution in [3.05, 3.63) is 65.2 Å².